The van der Waals surface area contributed by atoms with Crippen molar-refractivity contribution in [3.8, 4) is 0 Å². The highest BCUT2D eigenvalue weighted by Crippen LogP contribution is 2.28. The third kappa shape index (κ3) is 3.44. The highest BCUT2D eigenvalue weighted by Gasteiger charge is 2.26. The Labute approximate surface area is 135 Å². The molecule has 3 rings (SSSR count). The first-order valence-electron chi connectivity index (χ1n) is 8.31. The average Bonchev–Trinajstić information content (AvgIpc) is 2.62. The Balaban J connectivity index is 1.94. The Morgan fingerprint density at radius 2 is 1.78 bits per heavy atom. The van der Waals surface area contributed by atoms with E-state index in [-0.39, 0.29) is 11.6 Å². The molecule has 0 unspecified atom stereocenters. The van der Waals surface area contributed by atoms with E-state index in [0.29, 0.717) is 5.56 Å². The van der Waals surface area contributed by atoms with Crippen molar-refractivity contribution in [2.24, 2.45) is 0 Å². The summed E-state index contributed by atoms with van der Waals surface area (Å²) in [4.78, 5) is 27.6. The molecule has 2 heterocycles. The average molecular weight is 319 g/mol. The Hall–Kier alpha value is -2.15. The number of piperidine rings is 1. The second-order valence-corrected chi connectivity index (χ2v) is 6.16. The van der Waals surface area contributed by atoms with Crippen LogP contribution in [-0.2, 0) is 0 Å². The van der Waals surface area contributed by atoms with Gasteiger partial charge < -0.3 is 15.1 Å². The highest BCUT2D eigenvalue weighted by molar-refractivity contribution is 6.00. The van der Waals surface area contributed by atoms with Gasteiger partial charge in [-0.1, -0.05) is 0 Å². The summed E-state index contributed by atoms with van der Waals surface area (Å²) in [5, 5.41) is 13.3. The van der Waals surface area contributed by atoms with Gasteiger partial charge in [-0.05, 0) is 25.3 Å². The summed E-state index contributed by atoms with van der Waals surface area (Å²) in [6, 6.07) is 4.69. The summed E-state index contributed by atoms with van der Waals surface area (Å²) in [5.74, 6) is -0.0713. The first kappa shape index (κ1) is 15.7. The Morgan fingerprint density at radius 1 is 1.09 bits per heavy atom. The number of nitro benzene ring substituents is 1. The summed E-state index contributed by atoms with van der Waals surface area (Å²) in [6.07, 6.45) is 3.16. The standard InChI is InChI=1S/C16H22N4O3/c21-16(19-8-2-1-3-9-19)14-12-13(20(22)23)4-5-15(14)18-10-6-17-7-11-18/h4-5,12,17H,1-3,6-11H2/p+1. The molecular weight excluding hydrogens is 296 g/mol. The molecule has 0 aliphatic carbocycles. The number of carbonyl (C=O) groups is 1. The lowest BCUT2D eigenvalue weighted by molar-refractivity contribution is -0.655. The monoisotopic (exact) mass is 319 g/mol. The van der Waals surface area contributed by atoms with E-state index in [2.05, 4.69) is 10.2 Å². The molecule has 0 aromatic heterocycles. The molecule has 1 aromatic carbocycles. The molecule has 1 amide bonds. The van der Waals surface area contributed by atoms with Crippen LogP contribution < -0.4 is 10.2 Å². The van der Waals surface area contributed by atoms with Gasteiger partial charge in [-0.3, -0.25) is 14.9 Å². The SMILES string of the molecule is O=C(c1cc([N+](=O)[O-])ccc1N1CC[NH2+]CC1)N1CCCCC1. The number of likely N-dealkylation sites (tertiary alicyclic amines) is 1. The van der Waals surface area contributed by atoms with Crippen molar-refractivity contribution in [1.82, 2.24) is 4.90 Å². The minimum Gasteiger partial charge on any atom is -0.360 e. The van der Waals surface area contributed by atoms with Crippen LogP contribution >= 0.6 is 0 Å². The summed E-state index contributed by atoms with van der Waals surface area (Å²) in [7, 11) is 0. The van der Waals surface area contributed by atoms with E-state index in [1.165, 1.54) is 12.1 Å². The number of non-ortho nitro benzene ring substituents is 1. The van der Waals surface area contributed by atoms with Crippen molar-refractivity contribution >= 4 is 17.3 Å². The normalized spacial score (nSPS) is 18.8. The van der Waals surface area contributed by atoms with E-state index in [1.807, 2.05) is 4.90 Å². The Morgan fingerprint density at radius 3 is 2.43 bits per heavy atom. The lowest BCUT2D eigenvalue weighted by Gasteiger charge is -2.31. The van der Waals surface area contributed by atoms with Crippen molar-refractivity contribution in [2.75, 3.05) is 44.2 Å². The quantitative estimate of drug-likeness (QED) is 0.653. The fourth-order valence-corrected chi connectivity index (χ4v) is 3.34. The van der Waals surface area contributed by atoms with Gasteiger partial charge in [0.25, 0.3) is 11.6 Å². The second-order valence-electron chi connectivity index (χ2n) is 6.16. The lowest BCUT2D eigenvalue weighted by atomic mass is 10.1. The highest BCUT2D eigenvalue weighted by atomic mass is 16.6. The maximum absolute atomic E-state index is 12.9. The minimum absolute atomic E-state index is 0.0160. The zero-order chi connectivity index (χ0) is 16.2. The van der Waals surface area contributed by atoms with Gasteiger partial charge in [0.15, 0.2) is 0 Å². The van der Waals surface area contributed by atoms with Crippen LogP contribution in [0.25, 0.3) is 0 Å². The molecule has 0 bridgehead atoms. The van der Waals surface area contributed by atoms with Gasteiger partial charge in [-0.25, -0.2) is 0 Å². The van der Waals surface area contributed by atoms with Crippen LogP contribution in [0.3, 0.4) is 0 Å². The van der Waals surface area contributed by atoms with Gasteiger partial charge in [0.1, 0.15) is 0 Å². The fraction of sp³-hybridized carbons (Fsp3) is 0.562. The van der Waals surface area contributed by atoms with Crippen LogP contribution in [0.15, 0.2) is 18.2 Å². The predicted molar refractivity (Wildman–Crippen MR) is 86.7 cm³/mol. The maximum Gasteiger partial charge on any atom is 0.270 e. The number of hydrogen-bond acceptors (Lipinski definition) is 4. The summed E-state index contributed by atoms with van der Waals surface area (Å²) < 4.78 is 0. The van der Waals surface area contributed by atoms with Gasteiger partial charge in [-0.15, -0.1) is 0 Å². The van der Waals surface area contributed by atoms with Gasteiger partial charge >= 0.3 is 0 Å². The zero-order valence-electron chi connectivity index (χ0n) is 13.2. The topological polar surface area (TPSA) is 83.3 Å². The smallest absolute Gasteiger partial charge is 0.270 e. The fourth-order valence-electron chi connectivity index (χ4n) is 3.34. The molecule has 7 nitrogen and oxygen atoms in total. The van der Waals surface area contributed by atoms with Crippen molar-refractivity contribution in [2.45, 2.75) is 19.3 Å². The van der Waals surface area contributed by atoms with Crippen molar-refractivity contribution in [3.63, 3.8) is 0 Å². The number of benzene rings is 1. The number of piperazine rings is 1. The number of nitrogens with zero attached hydrogens (tertiary/aromatic N) is 3. The largest absolute Gasteiger partial charge is 0.360 e. The molecule has 2 aliphatic rings. The molecule has 1 aromatic rings. The molecule has 0 spiro atoms. The number of nitro groups is 1. The van der Waals surface area contributed by atoms with Crippen molar-refractivity contribution in [3.05, 3.63) is 33.9 Å². The maximum atomic E-state index is 12.9. The molecule has 2 N–H and O–H groups in total. The van der Waals surface area contributed by atoms with Gasteiger partial charge in [0, 0.05) is 25.2 Å². The third-order valence-corrected chi connectivity index (χ3v) is 4.61. The molecule has 0 radical (unpaired) electrons. The molecule has 2 aliphatic heterocycles. The van der Waals surface area contributed by atoms with Crippen LogP contribution in [0, 0.1) is 10.1 Å². The van der Waals surface area contributed by atoms with Gasteiger partial charge in [0.05, 0.1) is 42.4 Å². The number of nitrogens with two attached hydrogens (primary N) is 1. The van der Waals surface area contributed by atoms with E-state index in [4.69, 9.17) is 0 Å². The number of rotatable bonds is 3. The number of carbonyl (C=O) groups excluding carboxylic acids is 1. The van der Waals surface area contributed by atoms with Crippen molar-refractivity contribution in [1.29, 1.82) is 0 Å². The summed E-state index contributed by atoms with van der Waals surface area (Å²) >= 11 is 0. The van der Waals surface area contributed by atoms with Crippen LogP contribution in [-0.4, -0.2) is 55.0 Å². The lowest BCUT2D eigenvalue weighted by Crippen LogP contribution is -2.89. The first-order valence-corrected chi connectivity index (χ1v) is 8.31. The van der Waals surface area contributed by atoms with E-state index in [1.54, 1.807) is 6.07 Å². The minimum atomic E-state index is -0.430. The molecule has 23 heavy (non-hydrogen) atoms. The molecular formula is C16H23N4O3+. The van der Waals surface area contributed by atoms with Crippen LogP contribution in [0.1, 0.15) is 29.6 Å². The van der Waals surface area contributed by atoms with Gasteiger partial charge in [-0.2, -0.15) is 0 Å². The summed E-state index contributed by atoms with van der Waals surface area (Å²) in [6.45, 7) is 5.17. The van der Waals surface area contributed by atoms with Crippen LogP contribution in [0.4, 0.5) is 11.4 Å². The van der Waals surface area contributed by atoms with E-state index >= 15 is 0 Å². The third-order valence-electron chi connectivity index (χ3n) is 4.61. The number of anilines is 1. The molecule has 7 heteroatoms. The Kier molecular flexibility index (Phi) is 4.76. The molecule has 0 saturated carbocycles. The molecule has 2 fully saturated rings. The molecule has 124 valence electrons. The van der Waals surface area contributed by atoms with Crippen LogP contribution in [0.5, 0.6) is 0 Å². The summed E-state index contributed by atoms with van der Waals surface area (Å²) in [5.41, 5.74) is 1.29. The molecule has 2 saturated heterocycles. The second kappa shape index (κ2) is 6.95. The first-order chi connectivity index (χ1) is 11.2. The van der Waals surface area contributed by atoms with E-state index in [0.717, 1.165) is 64.2 Å². The van der Waals surface area contributed by atoms with Crippen molar-refractivity contribution < 1.29 is 15.0 Å². The molecule has 0 atom stereocenters. The number of hydrogen-bond donors (Lipinski definition) is 1. The van der Waals surface area contributed by atoms with E-state index < -0.39 is 4.92 Å². The van der Waals surface area contributed by atoms with Crippen LogP contribution in [0.2, 0.25) is 0 Å². The number of quaternary nitrogens is 1. The van der Waals surface area contributed by atoms with Gasteiger partial charge in [0.2, 0.25) is 0 Å². The Bertz CT molecular complexity index is 593. The van der Waals surface area contributed by atoms with E-state index in [9.17, 15) is 14.9 Å². The number of amides is 1. The predicted octanol–water partition coefficient (Wildman–Crippen LogP) is 0.604. The zero-order valence-corrected chi connectivity index (χ0v) is 13.2.